The molecule has 0 bridgehead atoms. The van der Waals surface area contributed by atoms with Crippen LogP contribution in [0.4, 0.5) is 0 Å². The molecule has 0 aromatic heterocycles. The van der Waals surface area contributed by atoms with Gasteiger partial charge in [0.1, 0.15) is 12.4 Å². The monoisotopic (exact) mass is 251 g/mol. The van der Waals surface area contributed by atoms with Gasteiger partial charge in [-0.2, -0.15) is 0 Å². The van der Waals surface area contributed by atoms with Crippen molar-refractivity contribution in [3.8, 4) is 5.75 Å². The topological polar surface area (TPSA) is 47.6 Å². The lowest BCUT2D eigenvalue weighted by molar-refractivity contribution is 0.0508. The van der Waals surface area contributed by atoms with E-state index in [1.807, 2.05) is 0 Å². The summed E-state index contributed by atoms with van der Waals surface area (Å²) < 4.78 is 10.2. The normalized spacial score (nSPS) is 10.1. The minimum absolute atomic E-state index is 0.314. The van der Waals surface area contributed by atoms with Crippen LogP contribution in [0, 0.1) is 0 Å². The molecule has 0 aliphatic carbocycles. The highest BCUT2D eigenvalue weighted by Gasteiger charge is 2.07. The molecule has 0 aliphatic heterocycles. The number of unbranched alkanes of at least 4 members (excludes halogenated alkanes) is 1. The molecule has 0 unspecified atom stereocenters. The van der Waals surface area contributed by atoms with Crippen LogP contribution in [0.25, 0.3) is 0 Å². The molecule has 4 nitrogen and oxygen atoms in total. The van der Waals surface area contributed by atoms with E-state index in [0.717, 1.165) is 19.4 Å². The summed E-state index contributed by atoms with van der Waals surface area (Å²) in [6, 6.07) is 6.96. The fourth-order valence-electron chi connectivity index (χ4n) is 1.48. The Kier molecular flexibility index (Phi) is 6.87. The predicted octanol–water partition coefficient (Wildman–Crippen LogP) is 2.24. The Bertz CT molecular complexity index is 366. The summed E-state index contributed by atoms with van der Waals surface area (Å²) in [4.78, 5) is 11.7. The summed E-state index contributed by atoms with van der Waals surface area (Å²) in [7, 11) is 1.57. The van der Waals surface area contributed by atoms with Crippen LogP contribution in [0.5, 0.6) is 5.75 Å². The molecule has 0 spiro atoms. The van der Waals surface area contributed by atoms with Gasteiger partial charge in [-0.15, -0.1) is 0 Å². The highest BCUT2D eigenvalue weighted by Crippen LogP contribution is 2.13. The smallest absolute Gasteiger partial charge is 0.338 e. The summed E-state index contributed by atoms with van der Waals surface area (Å²) in [6.45, 7) is 4.19. The Morgan fingerprint density at radius 2 is 2.17 bits per heavy atom. The second-order valence-corrected chi connectivity index (χ2v) is 3.97. The molecule has 0 radical (unpaired) electrons. The van der Waals surface area contributed by atoms with Crippen molar-refractivity contribution in [2.24, 2.45) is 0 Å². The standard InChI is InChI=1S/C14H21NO3/c1-3-4-8-15-9-10-18-14(16)12-6-5-7-13(11-12)17-2/h5-7,11,15H,3-4,8-10H2,1-2H3. The summed E-state index contributed by atoms with van der Waals surface area (Å²) >= 11 is 0. The first-order valence-corrected chi connectivity index (χ1v) is 6.29. The number of ether oxygens (including phenoxy) is 2. The van der Waals surface area contributed by atoms with E-state index in [0.29, 0.717) is 24.5 Å². The molecule has 1 aromatic carbocycles. The average molecular weight is 251 g/mol. The average Bonchev–Trinajstić information content (AvgIpc) is 2.42. The molecule has 0 heterocycles. The minimum atomic E-state index is -0.314. The predicted molar refractivity (Wildman–Crippen MR) is 71.1 cm³/mol. The van der Waals surface area contributed by atoms with E-state index < -0.39 is 0 Å². The van der Waals surface area contributed by atoms with E-state index in [9.17, 15) is 4.79 Å². The molecule has 0 atom stereocenters. The maximum atomic E-state index is 11.7. The van der Waals surface area contributed by atoms with Gasteiger partial charge in [0.2, 0.25) is 0 Å². The van der Waals surface area contributed by atoms with Gasteiger partial charge >= 0.3 is 5.97 Å². The number of esters is 1. The van der Waals surface area contributed by atoms with Crippen molar-refractivity contribution in [2.45, 2.75) is 19.8 Å². The van der Waals surface area contributed by atoms with Crippen LogP contribution in [0.3, 0.4) is 0 Å². The van der Waals surface area contributed by atoms with Crippen LogP contribution in [0.2, 0.25) is 0 Å². The Balaban J connectivity index is 2.27. The first-order chi connectivity index (χ1) is 8.77. The van der Waals surface area contributed by atoms with Crippen molar-refractivity contribution < 1.29 is 14.3 Å². The molecular weight excluding hydrogens is 230 g/mol. The van der Waals surface area contributed by atoms with E-state index in [2.05, 4.69) is 12.2 Å². The summed E-state index contributed by atoms with van der Waals surface area (Å²) in [5.74, 6) is 0.344. The van der Waals surface area contributed by atoms with Gasteiger partial charge in [0.15, 0.2) is 0 Å². The van der Waals surface area contributed by atoms with Crippen LogP contribution in [0.15, 0.2) is 24.3 Å². The van der Waals surface area contributed by atoms with E-state index in [-0.39, 0.29) is 5.97 Å². The molecule has 4 heteroatoms. The fourth-order valence-corrected chi connectivity index (χ4v) is 1.48. The quantitative estimate of drug-likeness (QED) is 0.568. The second-order valence-electron chi connectivity index (χ2n) is 3.97. The zero-order valence-electron chi connectivity index (χ0n) is 11.1. The Morgan fingerprint density at radius 3 is 2.89 bits per heavy atom. The summed E-state index contributed by atoms with van der Waals surface area (Å²) in [5.41, 5.74) is 0.517. The molecule has 0 saturated carbocycles. The lowest BCUT2D eigenvalue weighted by atomic mass is 10.2. The van der Waals surface area contributed by atoms with Crippen LogP contribution in [-0.2, 0) is 4.74 Å². The van der Waals surface area contributed by atoms with Gasteiger partial charge in [-0.1, -0.05) is 19.4 Å². The lowest BCUT2D eigenvalue weighted by Gasteiger charge is -2.07. The molecule has 0 saturated heterocycles. The van der Waals surface area contributed by atoms with E-state index in [1.165, 1.54) is 0 Å². The van der Waals surface area contributed by atoms with Gasteiger partial charge in [0.25, 0.3) is 0 Å². The van der Waals surface area contributed by atoms with E-state index >= 15 is 0 Å². The van der Waals surface area contributed by atoms with Crippen molar-refractivity contribution in [1.82, 2.24) is 5.32 Å². The highest BCUT2D eigenvalue weighted by atomic mass is 16.5. The van der Waals surface area contributed by atoms with Crippen molar-refractivity contribution in [1.29, 1.82) is 0 Å². The maximum Gasteiger partial charge on any atom is 0.338 e. The van der Waals surface area contributed by atoms with Crippen molar-refractivity contribution in [3.63, 3.8) is 0 Å². The van der Waals surface area contributed by atoms with Gasteiger partial charge in [0, 0.05) is 6.54 Å². The molecule has 18 heavy (non-hydrogen) atoms. The van der Waals surface area contributed by atoms with Gasteiger partial charge < -0.3 is 14.8 Å². The number of benzene rings is 1. The third-order valence-corrected chi connectivity index (χ3v) is 2.52. The minimum Gasteiger partial charge on any atom is -0.497 e. The molecule has 100 valence electrons. The fraction of sp³-hybridized carbons (Fsp3) is 0.500. The molecule has 0 amide bonds. The third kappa shape index (κ3) is 5.19. The van der Waals surface area contributed by atoms with Gasteiger partial charge in [-0.05, 0) is 31.2 Å². The van der Waals surface area contributed by atoms with Gasteiger partial charge in [-0.25, -0.2) is 4.79 Å². The van der Waals surface area contributed by atoms with Crippen molar-refractivity contribution >= 4 is 5.97 Å². The SMILES string of the molecule is CCCCNCCOC(=O)c1cccc(OC)c1. The number of carbonyl (C=O) groups is 1. The lowest BCUT2D eigenvalue weighted by Crippen LogP contribution is -2.22. The zero-order valence-corrected chi connectivity index (χ0v) is 11.1. The van der Waals surface area contributed by atoms with Crippen LogP contribution in [0.1, 0.15) is 30.1 Å². The number of hydrogen-bond donors (Lipinski definition) is 1. The Labute approximate surface area is 108 Å². The third-order valence-electron chi connectivity index (χ3n) is 2.52. The first-order valence-electron chi connectivity index (χ1n) is 6.29. The van der Waals surface area contributed by atoms with E-state index in [1.54, 1.807) is 31.4 Å². The van der Waals surface area contributed by atoms with E-state index in [4.69, 9.17) is 9.47 Å². The molecular formula is C14H21NO3. The zero-order chi connectivity index (χ0) is 13.2. The number of nitrogens with one attached hydrogen (secondary N) is 1. The van der Waals surface area contributed by atoms with Crippen LogP contribution in [-0.4, -0.2) is 32.8 Å². The number of methoxy groups -OCH3 is 1. The molecule has 1 rings (SSSR count). The van der Waals surface area contributed by atoms with Gasteiger partial charge in [-0.3, -0.25) is 0 Å². The van der Waals surface area contributed by atoms with Crippen molar-refractivity contribution in [2.75, 3.05) is 26.8 Å². The highest BCUT2D eigenvalue weighted by molar-refractivity contribution is 5.89. The van der Waals surface area contributed by atoms with Gasteiger partial charge in [0.05, 0.1) is 12.7 Å². The second kappa shape index (κ2) is 8.53. The summed E-state index contributed by atoms with van der Waals surface area (Å²) in [6.07, 6.45) is 2.31. The molecule has 0 aliphatic rings. The molecule has 0 fully saturated rings. The van der Waals surface area contributed by atoms with Crippen LogP contribution < -0.4 is 10.1 Å². The summed E-state index contributed by atoms with van der Waals surface area (Å²) in [5, 5.41) is 3.21. The maximum absolute atomic E-state index is 11.7. The van der Waals surface area contributed by atoms with Crippen molar-refractivity contribution in [3.05, 3.63) is 29.8 Å². The molecule has 1 N–H and O–H groups in total. The number of hydrogen-bond acceptors (Lipinski definition) is 4. The van der Waals surface area contributed by atoms with Crippen LogP contribution >= 0.6 is 0 Å². The molecule has 1 aromatic rings. The Morgan fingerprint density at radius 1 is 1.33 bits per heavy atom. The largest absolute Gasteiger partial charge is 0.497 e. The Hall–Kier alpha value is -1.55. The number of carbonyl (C=O) groups excluding carboxylic acids is 1. The first kappa shape index (κ1) is 14.5. The number of rotatable bonds is 8.